The summed E-state index contributed by atoms with van der Waals surface area (Å²) < 4.78 is 0. The van der Waals surface area contributed by atoms with Gasteiger partial charge in [-0.1, -0.05) is 32.6 Å². The van der Waals surface area contributed by atoms with Gasteiger partial charge in [-0.25, -0.2) is 0 Å². The quantitative estimate of drug-likeness (QED) is 0.712. The molecule has 0 aliphatic rings. The Hall–Kier alpha value is -1.58. The van der Waals surface area contributed by atoms with Crippen LogP contribution in [0.1, 0.15) is 49.4 Å². The minimum Gasteiger partial charge on any atom is -0.352 e. The molecule has 0 radical (unpaired) electrons. The van der Waals surface area contributed by atoms with Crippen molar-refractivity contribution in [2.24, 2.45) is 0 Å². The molecule has 4 heteroatoms. The zero-order valence-electron chi connectivity index (χ0n) is 10.3. The SMILES string of the molecule is CCCCCCCNC(=O)c1ccc(=O)[nH]c1. The van der Waals surface area contributed by atoms with Crippen molar-refractivity contribution in [3.63, 3.8) is 0 Å². The highest BCUT2D eigenvalue weighted by molar-refractivity contribution is 5.93. The average Bonchev–Trinajstić information content (AvgIpc) is 2.34. The monoisotopic (exact) mass is 236 g/mol. The van der Waals surface area contributed by atoms with Crippen LogP contribution in [0.4, 0.5) is 0 Å². The van der Waals surface area contributed by atoms with E-state index in [9.17, 15) is 9.59 Å². The number of hydrogen-bond acceptors (Lipinski definition) is 2. The first-order chi connectivity index (χ1) is 8.24. The average molecular weight is 236 g/mol. The molecule has 1 aromatic heterocycles. The number of nitrogens with one attached hydrogen (secondary N) is 2. The van der Waals surface area contributed by atoms with Crippen molar-refractivity contribution in [2.75, 3.05) is 6.54 Å². The Morgan fingerprint density at radius 1 is 1.24 bits per heavy atom. The van der Waals surface area contributed by atoms with Crippen LogP contribution in [-0.4, -0.2) is 17.4 Å². The molecule has 0 unspecified atom stereocenters. The third-order valence-corrected chi connectivity index (χ3v) is 2.61. The summed E-state index contributed by atoms with van der Waals surface area (Å²) in [6.07, 6.45) is 7.31. The molecule has 1 amide bonds. The Bertz CT molecular complexity index is 378. The second-order valence-electron chi connectivity index (χ2n) is 4.11. The van der Waals surface area contributed by atoms with E-state index in [1.54, 1.807) is 0 Å². The lowest BCUT2D eigenvalue weighted by atomic mass is 10.1. The van der Waals surface area contributed by atoms with Gasteiger partial charge in [0, 0.05) is 18.8 Å². The largest absolute Gasteiger partial charge is 0.352 e. The number of pyridine rings is 1. The molecule has 0 bridgehead atoms. The van der Waals surface area contributed by atoms with Gasteiger partial charge in [0.05, 0.1) is 5.56 Å². The van der Waals surface area contributed by atoms with Crippen molar-refractivity contribution in [2.45, 2.75) is 39.0 Å². The first-order valence-electron chi connectivity index (χ1n) is 6.21. The van der Waals surface area contributed by atoms with Crippen LogP contribution in [0.15, 0.2) is 23.1 Å². The maximum absolute atomic E-state index is 11.6. The first kappa shape index (κ1) is 13.5. The van der Waals surface area contributed by atoms with Crippen LogP contribution in [0.5, 0.6) is 0 Å². The van der Waals surface area contributed by atoms with Gasteiger partial charge in [-0.05, 0) is 12.5 Å². The van der Waals surface area contributed by atoms with Crippen molar-refractivity contribution >= 4 is 5.91 Å². The number of amides is 1. The molecule has 0 aliphatic heterocycles. The van der Waals surface area contributed by atoms with Crippen LogP contribution >= 0.6 is 0 Å². The van der Waals surface area contributed by atoms with Crippen molar-refractivity contribution in [3.05, 3.63) is 34.2 Å². The summed E-state index contributed by atoms with van der Waals surface area (Å²) >= 11 is 0. The van der Waals surface area contributed by atoms with E-state index in [1.807, 2.05) is 0 Å². The summed E-state index contributed by atoms with van der Waals surface area (Å²) in [4.78, 5) is 24.9. The molecule has 1 aromatic rings. The van der Waals surface area contributed by atoms with Crippen LogP contribution in [-0.2, 0) is 0 Å². The van der Waals surface area contributed by atoms with Crippen molar-refractivity contribution in [1.82, 2.24) is 10.3 Å². The minimum absolute atomic E-state index is 0.128. The Morgan fingerprint density at radius 3 is 2.65 bits per heavy atom. The molecular formula is C13H20N2O2. The third-order valence-electron chi connectivity index (χ3n) is 2.61. The fraction of sp³-hybridized carbons (Fsp3) is 0.538. The molecule has 94 valence electrons. The summed E-state index contributed by atoms with van der Waals surface area (Å²) in [5.74, 6) is -0.128. The molecule has 0 saturated heterocycles. The highest BCUT2D eigenvalue weighted by Gasteiger charge is 2.03. The third kappa shape index (κ3) is 5.33. The van der Waals surface area contributed by atoms with Gasteiger partial charge in [0.25, 0.3) is 5.91 Å². The number of aromatic nitrogens is 1. The predicted octanol–water partition coefficient (Wildman–Crippen LogP) is 2.08. The van der Waals surface area contributed by atoms with E-state index in [2.05, 4.69) is 17.2 Å². The molecule has 0 saturated carbocycles. The molecule has 0 aromatic carbocycles. The van der Waals surface area contributed by atoms with Crippen LogP contribution < -0.4 is 10.9 Å². The van der Waals surface area contributed by atoms with Gasteiger partial charge in [0.1, 0.15) is 0 Å². The second-order valence-corrected chi connectivity index (χ2v) is 4.11. The van der Waals surface area contributed by atoms with E-state index >= 15 is 0 Å². The standard InChI is InChI=1S/C13H20N2O2/c1-2-3-4-5-6-9-14-13(17)11-7-8-12(16)15-10-11/h7-8,10H,2-6,9H2,1H3,(H,14,17)(H,15,16). The predicted molar refractivity (Wildman–Crippen MR) is 68.2 cm³/mol. The van der Waals surface area contributed by atoms with Crippen LogP contribution in [0.3, 0.4) is 0 Å². The maximum atomic E-state index is 11.6. The number of hydrogen-bond donors (Lipinski definition) is 2. The topological polar surface area (TPSA) is 62.0 Å². The van der Waals surface area contributed by atoms with Crippen molar-refractivity contribution < 1.29 is 4.79 Å². The fourth-order valence-corrected chi connectivity index (χ4v) is 1.58. The number of carbonyl (C=O) groups excluding carboxylic acids is 1. The van der Waals surface area contributed by atoms with Crippen LogP contribution in [0.25, 0.3) is 0 Å². The molecule has 0 fully saturated rings. The molecular weight excluding hydrogens is 216 g/mol. The van der Waals surface area contributed by atoms with Gasteiger partial charge < -0.3 is 10.3 Å². The van der Waals surface area contributed by atoms with E-state index in [0.29, 0.717) is 12.1 Å². The van der Waals surface area contributed by atoms with Crippen molar-refractivity contribution in [3.8, 4) is 0 Å². The molecule has 0 atom stereocenters. The molecule has 17 heavy (non-hydrogen) atoms. The smallest absolute Gasteiger partial charge is 0.252 e. The minimum atomic E-state index is -0.193. The van der Waals surface area contributed by atoms with Gasteiger partial charge in [-0.2, -0.15) is 0 Å². The molecule has 1 heterocycles. The summed E-state index contributed by atoms with van der Waals surface area (Å²) in [6.45, 7) is 2.87. The number of H-pyrrole nitrogens is 1. The lowest BCUT2D eigenvalue weighted by molar-refractivity contribution is 0.0952. The molecule has 4 nitrogen and oxygen atoms in total. The van der Waals surface area contributed by atoms with Gasteiger partial charge in [-0.3, -0.25) is 9.59 Å². The summed E-state index contributed by atoms with van der Waals surface area (Å²) in [5.41, 5.74) is 0.305. The van der Waals surface area contributed by atoms with E-state index in [1.165, 1.54) is 37.6 Å². The zero-order chi connectivity index (χ0) is 12.5. The normalized spacial score (nSPS) is 10.2. The molecule has 2 N–H and O–H groups in total. The van der Waals surface area contributed by atoms with Gasteiger partial charge in [0.2, 0.25) is 5.56 Å². The summed E-state index contributed by atoms with van der Waals surface area (Å²) in [7, 11) is 0. The van der Waals surface area contributed by atoms with Gasteiger partial charge in [0.15, 0.2) is 0 Å². The number of carbonyl (C=O) groups is 1. The lowest BCUT2D eigenvalue weighted by Gasteiger charge is -2.04. The Labute approximate surface area is 101 Å². The Morgan fingerprint density at radius 2 is 2.00 bits per heavy atom. The zero-order valence-corrected chi connectivity index (χ0v) is 10.3. The van der Waals surface area contributed by atoms with E-state index in [4.69, 9.17) is 0 Å². The van der Waals surface area contributed by atoms with Crippen molar-refractivity contribution in [1.29, 1.82) is 0 Å². The van der Waals surface area contributed by atoms with Crippen LogP contribution in [0.2, 0.25) is 0 Å². The maximum Gasteiger partial charge on any atom is 0.252 e. The highest BCUT2D eigenvalue weighted by atomic mass is 16.1. The molecule has 1 rings (SSSR count). The first-order valence-corrected chi connectivity index (χ1v) is 6.21. The van der Waals surface area contributed by atoms with Gasteiger partial charge in [-0.15, -0.1) is 0 Å². The Balaban J connectivity index is 2.21. The summed E-state index contributed by atoms with van der Waals surface area (Å²) in [5, 5.41) is 2.83. The lowest BCUT2D eigenvalue weighted by Crippen LogP contribution is -2.25. The highest BCUT2D eigenvalue weighted by Crippen LogP contribution is 2.01. The van der Waals surface area contributed by atoms with E-state index in [0.717, 1.165) is 12.8 Å². The van der Waals surface area contributed by atoms with E-state index in [-0.39, 0.29) is 11.5 Å². The number of rotatable bonds is 7. The fourth-order valence-electron chi connectivity index (χ4n) is 1.58. The summed E-state index contributed by atoms with van der Waals surface area (Å²) in [6, 6.07) is 2.89. The number of aromatic amines is 1. The molecule has 0 aliphatic carbocycles. The second kappa shape index (κ2) is 7.65. The van der Waals surface area contributed by atoms with Crippen LogP contribution in [0, 0.1) is 0 Å². The molecule has 0 spiro atoms. The van der Waals surface area contributed by atoms with Gasteiger partial charge >= 0.3 is 0 Å². The number of unbranched alkanes of at least 4 members (excludes halogenated alkanes) is 4. The Kier molecular flexibility index (Phi) is 6.07. The van der Waals surface area contributed by atoms with E-state index < -0.39 is 0 Å².